The van der Waals surface area contributed by atoms with Crippen LogP contribution in [0.2, 0.25) is 0 Å². The molecule has 0 aromatic heterocycles. The topological polar surface area (TPSA) is 55.1 Å². The first-order valence-corrected chi connectivity index (χ1v) is 6.53. The van der Waals surface area contributed by atoms with Gasteiger partial charge >= 0.3 is 0 Å². The number of anilines is 1. The third-order valence-electron chi connectivity index (χ3n) is 2.63. The fourth-order valence-electron chi connectivity index (χ4n) is 1.70. The van der Waals surface area contributed by atoms with E-state index in [4.69, 9.17) is 5.73 Å². The highest BCUT2D eigenvalue weighted by molar-refractivity contribution is 9.10. The zero-order chi connectivity index (χ0) is 14.7. The zero-order valence-electron chi connectivity index (χ0n) is 10.3. The first-order valence-electron chi connectivity index (χ1n) is 5.74. The smallest absolute Gasteiger partial charge is 0.251 e. The molecule has 0 radical (unpaired) electrons. The second-order valence-electron chi connectivity index (χ2n) is 4.19. The van der Waals surface area contributed by atoms with Crippen molar-refractivity contribution in [2.45, 2.75) is 6.54 Å². The van der Waals surface area contributed by atoms with Gasteiger partial charge in [0.25, 0.3) is 5.91 Å². The maximum absolute atomic E-state index is 13.2. The summed E-state index contributed by atoms with van der Waals surface area (Å²) in [6.45, 7) is 0.119. The minimum absolute atomic E-state index is 0.119. The molecule has 0 spiro atoms. The Labute approximate surface area is 122 Å². The van der Waals surface area contributed by atoms with Gasteiger partial charge in [-0.2, -0.15) is 0 Å². The van der Waals surface area contributed by atoms with Crippen molar-refractivity contribution in [2.24, 2.45) is 0 Å². The molecule has 3 N–H and O–H groups in total. The Morgan fingerprint density at radius 3 is 2.60 bits per heavy atom. The Balaban J connectivity index is 2.10. The Bertz CT molecular complexity index is 641. The van der Waals surface area contributed by atoms with Crippen molar-refractivity contribution < 1.29 is 13.6 Å². The highest BCUT2D eigenvalue weighted by Gasteiger charge is 2.09. The summed E-state index contributed by atoms with van der Waals surface area (Å²) in [5.41, 5.74) is 6.35. The SMILES string of the molecule is Nc1cc(F)cc(C(=O)NCc2cc(F)ccc2Br)c1. The van der Waals surface area contributed by atoms with Gasteiger partial charge in [-0.15, -0.1) is 0 Å². The van der Waals surface area contributed by atoms with Gasteiger partial charge in [0.05, 0.1) is 0 Å². The molecule has 0 bridgehead atoms. The number of nitrogen functional groups attached to an aromatic ring is 1. The molecular formula is C14H11BrF2N2O. The van der Waals surface area contributed by atoms with Crippen molar-refractivity contribution in [3.05, 3.63) is 63.6 Å². The van der Waals surface area contributed by atoms with Crippen LogP contribution >= 0.6 is 15.9 Å². The first kappa shape index (κ1) is 14.5. The van der Waals surface area contributed by atoms with Crippen molar-refractivity contribution in [3.8, 4) is 0 Å². The third kappa shape index (κ3) is 3.54. The molecule has 0 saturated heterocycles. The van der Waals surface area contributed by atoms with Gasteiger partial charge in [0.1, 0.15) is 11.6 Å². The summed E-state index contributed by atoms with van der Waals surface area (Å²) in [5, 5.41) is 2.58. The van der Waals surface area contributed by atoms with E-state index < -0.39 is 17.5 Å². The maximum Gasteiger partial charge on any atom is 0.251 e. The number of carbonyl (C=O) groups is 1. The lowest BCUT2D eigenvalue weighted by Gasteiger charge is -2.08. The van der Waals surface area contributed by atoms with Crippen LogP contribution in [0.4, 0.5) is 14.5 Å². The van der Waals surface area contributed by atoms with Crippen LogP contribution < -0.4 is 11.1 Å². The lowest BCUT2D eigenvalue weighted by molar-refractivity contribution is 0.0950. The van der Waals surface area contributed by atoms with Crippen molar-refractivity contribution in [2.75, 3.05) is 5.73 Å². The van der Waals surface area contributed by atoms with Gasteiger partial charge in [-0.3, -0.25) is 4.79 Å². The normalized spacial score (nSPS) is 10.3. The number of amides is 1. The monoisotopic (exact) mass is 340 g/mol. The largest absolute Gasteiger partial charge is 0.399 e. The predicted molar refractivity (Wildman–Crippen MR) is 76.1 cm³/mol. The highest BCUT2D eigenvalue weighted by Crippen LogP contribution is 2.18. The van der Waals surface area contributed by atoms with E-state index in [1.54, 1.807) is 6.07 Å². The molecule has 6 heteroatoms. The summed E-state index contributed by atoms with van der Waals surface area (Å²) in [6.07, 6.45) is 0. The van der Waals surface area contributed by atoms with Crippen LogP contribution in [0.5, 0.6) is 0 Å². The predicted octanol–water partition coefficient (Wildman–Crippen LogP) is 3.24. The van der Waals surface area contributed by atoms with E-state index in [-0.39, 0.29) is 17.8 Å². The summed E-state index contributed by atoms with van der Waals surface area (Å²) < 4.78 is 26.9. The van der Waals surface area contributed by atoms with E-state index in [1.165, 1.54) is 18.2 Å². The quantitative estimate of drug-likeness (QED) is 0.842. The van der Waals surface area contributed by atoms with Crippen LogP contribution in [0.25, 0.3) is 0 Å². The molecule has 2 rings (SSSR count). The summed E-state index contributed by atoms with van der Waals surface area (Å²) in [6, 6.07) is 7.76. The van der Waals surface area contributed by atoms with E-state index in [2.05, 4.69) is 21.2 Å². The Hall–Kier alpha value is -1.95. The summed E-state index contributed by atoms with van der Waals surface area (Å²) in [5.74, 6) is -1.46. The molecule has 0 aliphatic heterocycles. The van der Waals surface area contributed by atoms with Crippen molar-refractivity contribution in [3.63, 3.8) is 0 Å². The number of hydrogen-bond donors (Lipinski definition) is 2. The zero-order valence-corrected chi connectivity index (χ0v) is 11.9. The number of carbonyl (C=O) groups excluding carboxylic acids is 1. The standard InChI is InChI=1S/C14H11BrF2N2O/c15-13-2-1-10(16)4-9(13)7-19-14(20)8-3-11(17)6-12(18)5-8/h1-6H,7,18H2,(H,19,20). The van der Waals surface area contributed by atoms with Crippen molar-refractivity contribution in [1.82, 2.24) is 5.32 Å². The lowest BCUT2D eigenvalue weighted by Crippen LogP contribution is -2.23. The molecule has 0 unspecified atom stereocenters. The van der Waals surface area contributed by atoms with Crippen LogP contribution in [0.1, 0.15) is 15.9 Å². The number of halogens is 3. The van der Waals surface area contributed by atoms with Gasteiger partial charge in [0.15, 0.2) is 0 Å². The van der Waals surface area contributed by atoms with Crippen molar-refractivity contribution in [1.29, 1.82) is 0 Å². The Morgan fingerprint density at radius 2 is 1.90 bits per heavy atom. The van der Waals surface area contributed by atoms with E-state index in [1.807, 2.05) is 0 Å². The summed E-state index contributed by atoms with van der Waals surface area (Å²) in [4.78, 5) is 11.9. The Kier molecular flexibility index (Phi) is 4.34. The molecule has 0 saturated carbocycles. The van der Waals surface area contributed by atoms with E-state index >= 15 is 0 Å². The maximum atomic E-state index is 13.2. The van der Waals surface area contributed by atoms with E-state index in [9.17, 15) is 13.6 Å². The van der Waals surface area contributed by atoms with E-state index in [0.29, 0.717) is 10.0 Å². The average Bonchev–Trinajstić information content (AvgIpc) is 2.38. The molecule has 2 aromatic carbocycles. The summed E-state index contributed by atoms with van der Waals surface area (Å²) >= 11 is 3.26. The minimum Gasteiger partial charge on any atom is -0.399 e. The number of rotatable bonds is 3. The summed E-state index contributed by atoms with van der Waals surface area (Å²) in [7, 11) is 0. The highest BCUT2D eigenvalue weighted by atomic mass is 79.9. The van der Waals surface area contributed by atoms with Crippen LogP contribution in [0.15, 0.2) is 40.9 Å². The minimum atomic E-state index is -0.581. The van der Waals surface area contributed by atoms with Crippen LogP contribution in [-0.2, 0) is 6.54 Å². The molecular weight excluding hydrogens is 330 g/mol. The molecule has 0 fully saturated rings. The molecule has 0 atom stereocenters. The van der Waals surface area contributed by atoms with Gasteiger partial charge in [-0.25, -0.2) is 8.78 Å². The molecule has 0 aliphatic carbocycles. The van der Waals surface area contributed by atoms with Crippen molar-refractivity contribution >= 4 is 27.5 Å². The average molecular weight is 341 g/mol. The van der Waals surface area contributed by atoms with Gasteiger partial charge in [0.2, 0.25) is 0 Å². The second-order valence-corrected chi connectivity index (χ2v) is 5.05. The fourth-order valence-corrected chi connectivity index (χ4v) is 2.09. The first-order chi connectivity index (χ1) is 9.45. The number of benzene rings is 2. The third-order valence-corrected chi connectivity index (χ3v) is 3.40. The van der Waals surface area contributed by atoms with Crippen LogP contribution in [-0.4, -0.2) is 5.91 Å². The number of nitrogens with two attached hydrogens (primary N) is 1. The number of hydrogen-bond acceptors (Lipinski definition) is 2. The van der Waals surface area contributed by atoms with Crippen LogP contribution in [0, 0.1) is 11.6 Å². The lowest BCUT2D eigenvalue weighted by atomic mass is 10.1. The molecule has 3 nitrogen and oxygen atoms in total. The van der Waals surface area contributed by atoms with Gasteiger partial charge in [0, 0.05) is 22.3 Å². The molecule has 0 heterocycles. The van der Waals surface area contributed by atoms with Crippen LogP contribution in [0.3, 0.4) is 0 Å². The molecule has 2 aromatic rings. The number of nitrogens with one attached hydrogen (secondary N) is 1. The van der Waals surface area contributed by atoms with E-state index in [0.717, 1.165) is 12.1 Å². The van der Waals surface area contributed by atoms with Gasteiger partial charge in [-0.1, -0.05) is 15.9 Å². The van der Waals surface area contributed by atoms with Gasteiger partial charge in [-0.05, 0) is 42.0 Å². The molecule has 104 valence electrons. The molecule has 0 aliphatic rings. The Morgan fingerprint density at radius 1 is 1.15 bits per heavy atom. The molecule has 1 amide bonds. The molecule has 20 heavy (non-hydrogen) atoms. The fraction of sp³-hybridized carbons (Fsp3) is 0.0714. The second kappa shape index (κ2) is 6.00. The van der Waals surface area contributed by atoms with Gasteiger partial charge < -0.3 is 11.1 Å².